The Morgan fingerprint density at radius 3 is 0.916 bits per heavy atom. The van der Waals surface area contributed by atoms with Gasteiger partial charge in [0.15, 0.2) is 6.10 Å². The fraction of sp³-hybridized carbons (Fsp3) is 0.918. The van der Waals surface area contributed by atoms with Crippen LogP contribution in [0, 0.1) is 0 Å². The van der Waals surface area contributed by atoms with Crippen LogP contribution in [0.25, 0.3) is 0 Å². The predicted octanol–water partition coefficient (Wildman–Crippen LogP) is 24.1. The van der Waals surface area contributed by atoms with E-state index in [2.05, 4.69) is 38.2 Å². The molecule has 0 aliphatic heterocycles. The second-order valence-corrected chi connectivity index (χ2v) is 26.6. The molecule has 492 valence electrons. The molecule has 0 aromatic carbocycles. The summed E-state index contributed by atoms with van der Waals surface area (Å²) in [4.78, 5) is 35.4. The number of ether oxygens (including phenoxy) is 2. The van der Waals surface area contributed by atoms with Gasteiger partial charge in [-0.3, -0.25) is 18.6 Å². The number of allylic oxidation sites excluding steroid dienone is 4. The van der Waals surface area contributed by atoms with Crippen LogP contribution < -0.4 is 5.73 Å². The number of nitrogens with two attached hydrogens (primary N) is 1. The van der Waals surface area contributed by atoms with Gasteiger partial charge in [0.25, 0.3) is 0 Å². The lowest BCUT2D eigenvalue weighted by Crippen LogP contribution is -2.29. The van der Waals surface area contributed by atoms with Gasteiger partial charge in [0, 0.05) is 19.4 Å². The number of unbranched alkanes of at least 4 members (excludes halogenated alkanes) is 54. The zero-order valence-electron chi connectivity index (χ0n) is 55.5. The van der Waals surface area contributed by atoms with E-state index in [9.17, 15) is 19.0 Å². The zero-order valence-corrected chi connectivity index (χ0v) is 56.4. The highest BCUT2D eigenvalue weighted by molar-refractivity contribution is 7.47. The van der Waals surface area contributed by atoms with Gasteiger partial charge in [-0.1, -0.05) is 366 Å². The van der Waals surface area contributed by atoms with Gasteiger partial charge < -0.3 is 20.1 Å². The van der Waals surface area contributed by atoms with Crippen LogP contribution in [0.3, 0.4) is 0 Å². The molecule has 83 heavy (non-hydrogen) atoms. The summed E-state index contributed by atoms with van der Waals surface area (Å²) in [6.45, 7) is 3.82. The van der Waals surface area contributed by atoms with E-state index in [-0.39, 0.29) is 38.6 Å². The maximum absolute atomic E-state index is 12.8. The van der Waals surface area contributed by atoms with Crippen LogP contribution in [-0.4, -0.2) is 49.3 Å². The average Bonchev–Trinajstić information content (AvgIpc) is 3.48. The SMILES string of the molecule is CCCCCCC/C=C\C/C=C\CCCCCCCCCCCCCCCCCCCCCCCCCCCCCC(=O)OC(COC(=O)CCCCCCCCCCCCCCCCCCCCCCCCC)COP(=O)(O)OCCN. The highest BCUT2D eigenvalue weighted by Gasteiger charge is 2.26. The minimum atomic E-state index is -4.39. The minimum absolute atomic E-state index is 0.0577. The lowest BCUT2D eigenvalue weighted by atomic mass is 10.0. The standard InChI is InChI=1S/C73H142NO8P/c1-3-5-7-9-11-13-15-17-19-21-23-25-27-28-29-30-31-32-33-34-35-36-37-38-39-40-41-42-44-46-48-50-52-54-56-58-60-62-64-66-73(76)82-71(70-81-83(77,78)80-68-67-74)69-79-72(75)65-63-61-59-57-55-53-51-49-47-45-43-26-24-22-20-18-16-14-12-10-8-6-4-2/h15,17,21,23,71H,3-14,16,18-20,22,24-70,74H2,1-2H3,(H,77,78)/b17-15-,23-21-. The van der Waals surface area contributed by atoms with Crippen molar-refractivity contribution >= 4 is 19.8 Å². The molecule has 0 spiro atoms. The minimum Gasteiger partial charge on any atom is -0.462 e. The average molecular weight is 1190 g/mol. The van der Waals surface area contributed by atoms with Crippen molar-refractivity contribution in [2.24, 2.45) is 5.73 Å². The third kappa shape index (κ3) is 69.5. The Kier molecular flexibility index (Phi) is 68.3. The number of hydrogen-bond donors (Lipinski definition) is 2. The molecule has 3 N–H and O–H groups in total. The monoisotopic (exact) mass is 1190 g/mol. The first-order chi connectivity index (χ1) is 40.8. The Balaban J connectivity index is 3.74. The summed E-state index contributed by atoms with van der Waals surface area (Å²) in [5.74, 6) is -0.800. The summed E-state index contributed by atoms with van der Waals surface area (Å²) < 4.78 is 33.2. The molecule has 9 nitrogen and oxygen atoms in total. The molecule has 0 aromatic heterocycles. The van der Waals surface area contributed by atoms with Crippen LogP contribution in [-0.2, 0) is 32.7 Å². The van der Waals surface area contributed by atoms with E-state index in [1.807, 2.05) is 0 Å². The molecule has 0 saturated heterocycles. The maximum Gasteiger partial charge on any atom is 0.472 e. The van der Waals surface area contributed by atoms with Gasteiger partial charge in [-0.2, -0.15) is 0 Å². The van der Waals surface area contributed by atoms with Crippen LogP contribution in [0.15, 0.2) is 24.3 Å². The molecule has 0 bridgehead atoms. The normalized spacial score (nSPS) is 13.0. The highest BCUT2D eigenvalue weighted by Crippen LogP contribution is 2.43. The molecular weight excluding hydrogens is 1050 g/mol. The predicted molar refractivity (Wildman–Crippen MR) is 358 cm³/mol. The number of phosphoric ester groups is 1. The van der Waals surface area contributed by atoms with Gasteiger partial charge in [0.2, 0.25) is 0 Å². The fourth-order valence-electron chi connectivity index (χ4n) is 11.4. The highest BCUT2D eigenvalue weighted by atomic mass is 31.2. The Bertz CT molecular complexity index is 1410. The van der Waals surface area contributed by atoms with Gasteiger partial charge in [-0.15, -0.1) is 0 Å². The topological polar surface area (TPSA) is 134 Å². The van der Waals surface area contributed by atoms with E-state index in [1.54, 1.807) is 0 Å². The van der Waals surface area contributed by atoms with Gasteiger partial charge in [-0.05, 0) is 44.9 Å². The Labute approximate surface area is 516 Å². The van der Waals surface area contributed by atoms with Gasteiger partial charge in [0.05, 0.1) is 13.2 Å². The summed E-state index contributed by atoms with van der Waals surface area (Å²) in [5, 5.41) is 0. The summed E-state index contributed by atoms with van der Waals surface area (Å²) >= 11 is 0. The molecule has 0 heterocycles. The lowest BCUT2D eigenvalue weighted by molar-refractivity contribution is -0.161. The van der Waals surface area contributed by atoms with E-state index in [0.29, 0.717) is 6.42 Å². The van der Waals surface area contributed by atoms with E-state index >= 15 is 0 Å². The molecule has 0 rings (SSSR count). The second-order valence-electron chi connectivity index (χ2n) is 25.2. The molecule has 0 amide bonds. The Morgan fingerprint density at radius 1 is 0.361 bits per heavy atom. The zero-order chi connectivity index (χ0) is 60.1. The summed E-state index contributed by atoms with van der Waals surface area (Å²) in [6, 6.07) is 0. The lowest BCUT2D eigenvalue weighted by Gasteiger charge is -2.19. The molecule has 0 aliphatic carbocycles. The van der Waals surface area contributed by atoms with Crippen LogP contribution in [0.4, 0.5) is 0 Å². The van der Waals surface area contributed by atoms with Crippen LogP contribution >= 0.6 is 7.82 Å². The first-order valence-corrected chi connectivity index (χ1v) is 38.3. The van der Waals surface area contributed by atoms with Crippen molar-refractivity contribution < 1.29 is 37.6 Å². The summed E-state index contributed by atoms with van der Waals surface area (Å²) in [6.07, 6.45) is 85.9. The van der Waals surface area contributed by atoms with Crippen molar-refractivity contribution in [1.82, 2.24) is 0 Å². The number of rotatable bonds is 71. The quantitative estimate of drug-likeness (QED) is 0.0264. The number of hydrogen-bond acceptors (Lipinski definition) is 8. The molecule has 0 aromatic rings. The van der Waals surface area contributed by atoms with Crippen LogP contribution in [0.5, 0.6) is 0 Å². The van der Waals surface area contributed by atoms with Crippen molar-refractivity contribution in [2.75, 3.05) is 26.4 Å². The van der Waals surface area contributed by atoms with E-state index in [1.165, 1.54) is 327 Å². The summed E-state index contributed by atoms with van der Waals surface area (Å²) in [7, 11) is -4.39. The van der Waals surface area contributed by atoms with Crippen LogP contribution in [0.2, 0.25) is 0 Å². The third-order valence-electron chi connectivity index (χ3n) is 16.8. The van der Waals surface area contributed by atoms with Gasteiger partial charge in [0.1, 0.15) is 6.61 Å². The molecule has 0 saturated carbocycles. The van der Waals surface area contributed by atoms with Crippen molar-refractivity contribution in [3.8, 4) is 0 Å². The van der Waals surface area contributed by atoms with Gasteiger partial charge >= 0.3 is 19.8 Å². The van der Waals surface area contributed by atoms with E-state index in [4.69, 9.17) is 24.3 Å². The van der Waals surface area contributed by atoms with Crippen LogP contribution in [0.1, 0.15) is 399 Å². The Morgan fingerprint density at radius 2 is 0.627 bits per heavy atom. The molecule has 0 aliphatic rings. The maximum atomic E-state index is 12.8. The smallest absolute Gasteiger partial charge is 0.462 e. The number of phosphoric acid groups is 1. The molecule has 0 radical (unpaired) electrons. The molecule has 10 heteroatoms. The Hall–Kier alpha value is -1.51. The van der Waals surface area contributed by atoms with Gasteiger partial charge in [-0.25, -0.2) is 4.57 Å². The molecule has 2 atom stereocenters. The van der Waals surface area contributed by atoms with Crippen molar-refractivity contribution in [2.45, 2.75) is 405 Å². The fourth-order valence-corrected chi connectivity index (χ4v) is 12.1. The van der Waals surface area contributed by atoms with Crippen molar-refractivity contribution in [3.05, 3.63) is 24.3 Å². The largest absolute Gasteiger partial charge is 0.472 e. The van der Waals surface area contributed by atoms with Crippen molar-refractivity contribution in [3.63, 3.8) is 0 Å². The molecule has 2 unspecified atom stereocenters. The third-order valence-corrected chi connectivity index (χ3v) is 17.8. The van der Waals surface area contributed by atoms with E-state index in [0.717, 1.165) is 38.5 Å². The summed E-state index contributed by atoms with van der Waals surface area (Å²) in [5.41, 5.74) is 5.40. The van der Waals surface area contributed by atoms with Crippen molar-refractivity contribution in [1.29, 1.82) is 0 Å². The number of esters is 2. The first kappa shape index (κ1) is 81.5. The number of carbonyl (C=O) groups is 2. The molecule has 0 fully saturated rings. The molecular formula is C73H142NO8P. The second kappa shape index (κ2) is 69.6. The first-order valence-electron chi connectivity index (χ1n) is 36.8. The van der Waals surface area contributed by atoms with E-state index < -0.39 is 26.5 Å². The number of carbonyl (C=O) groups excluding carboxylic acids is 2.